The molecule has 0 radical (unpaired) electrons. The van der Waals surface area contributed by atoms with Crippen molar-refractivity contribution in [2.45, 2.75) is 0 Å². The van der Waals surface area contributed by atoms with Gasteiger partial charge in [0.15, 0.2) is 0 Å². The highest BCUT2D eigenvalue weighted by Gasteiger charge is 2.00. The largest absolute Gasteiger partial charge is 0.497 e. The van der Waals surface area contributed by atoms with E-state index < -0.39 is 0 Å². The third-order valence-corrected chi connectivity index (χ3v) is 2.41. The molecule has 86 valence electrons. The van der Waals surface area contributed by atoms with Crippen LogP contribution in [0, 0.1) is 0 Å². The summed E-state index contributed by atoms with van der Waals surface area (Å²) in [6, 6.07) is 11.1. The zero-order valence-electron chi connectivity index (χ0n) is 9.51. The predicted molar refractivity (Wildman–Crippen MR) is 67.2 cm³/mol. The molecule has 2 rings (SSSR count). The van der Waals surface area contributed by atoms with E-state index >= 15 is 0 Å². The molecule has 0 amide bonds. The van der Waals surface area contributed by atoms with Gasteiger partial charge in [-0.25, -0.2) is 0 Å². The van der Waals surface area contributed by atoms with E-state index in [1.807, 2.05) is 24.3 Å². The van der Waals surface area contributed by atoms with E-state index in [1.54, 1.807) is 37.6 Å². The molecule has 1 aromatic carbocycles. The van der Waals surface area contributed by atoms with Crippen LogP contribution in [0.5, 0.6) is 5.75 Å². The molecule has 1 aromatic heterocycles. The second-order valence-electron chi connectivity index (χ2n) is 3.55. The molecule has 0 spiro atoms. The number of ketones is 1. The Kier molecular flexibility index (Phi) is 3.40. The Bertz CT molecular complexity index is 510. The highest BCUT2D eigenvalue weighted by atomic mass is 16.5. The maximum Gasteiger partial charge on any atom is 0.201 e. The lowest BCUT2D eigenvalue weighted by molar-refractivity contribution is 0.104. The molecule has 0 saturated carbocycles. The van der Waals surface area contributed by atoms with E-state index in [4.69, 9.17) is 4.74 Å². The Balaban J connectivity index is 2.07. The zero-order chi connectivity index (χ0) is 12.1. The SMILES string of the molecule is COc1ccc(/C=C/C(=O)c2ccc[nH]2)cc1. The van der Waals surface area contributed by atoms with Crippen LogP contribution in [-0.2, 0) is 0 Å². The number of methoxy groups -OCH3 is 1. The quantitative estimate of drug-likeness (QED) is 0.644. The number of aromatic nitrogens is 1. The Morgan fingerprint density at radius 3 is 2.59 bits per heavy atom. The highest BCUT2D eigenvalue weighted by molar-refractivity contribution is 6.05. The molecule has 1 N–H and O–H groups in total. The topological polar surface area (TPSA) is 42.1 Å². The molecule has 0 bridgehead atoms. The van der Waals surface area contributed by atoms with Gasteiger partial charge in [0.2, 0.25) is 5.78 Å². The lowest BCUT2D eigenvalue weighted by Gasteiger charge is -1.98. The Labute approximate surface area is 99.7 Å². The molecule has 2 aromatic rings. The van der Waals surface area contributed by atoms with Crippen LogP contribution in [0.3, 0.4) is 0 Å². The van der Waals surface area contributed by atoms with Crippen LogP contribution in [0.1, 0.15) is 16.1 Å². The van der Waals surface area contributed by atoms with Crippen molar-refractivity contribution in [3.8, 4) is 5.75 Å². The average molecular weight is 227 g/mol. The molecule has 0 unspecified atom stereocenters. The number of rotatable bonds is 4. The third-order valence-electron chi connectivity index (χ3n) is 2.41. The van der Waals surface area contributed by atoms with Crippen molar-refractivity contribution in [3.05, 3.63) is 59.9 Å². The second-order valence-corrected chi connectivity index (χ2v) is 3.55. The fourth-order valence-electron chi connectivity index (χ4n) is 1.46. The van der Waals surface area contributed by atoms with Crippen LogP contribution >= 0.6 is 0 Å². The van der Waals surface area contributed by atoms with Gasteiger partial charge in [0.25, 0.3) is 0 Å². The predicted octanol–water partition coefficient (Wildman–Crippen LogP) is 2.92. The maximum absolute atomic E-state index is 11.7. The average Bonchev–Trinajstić information content (AvgIpc) is 2.90. The van der Waals surface area contributed by atoms with Gasteiger partial charge >= 0.3 is 0 Å². The van der Waals surface area contributed by atoms with E-state index in [2.05, 4.69) is 4.98 Å². The standard InChI is InChI=1S/C14H13NO2/c1-17-12-7-4-11(5-8-12)6-9-14(16)13-3-2-10-15-13/h2-10,15H,1H3/b9-6+. The monoisotopic (exact) mass is 227 g/mol. The van der Waals surface area contributed by atoms with Gasteiger partial charge in [0, 0.05) is 6.20 Å². The third kappa shape index (κ3) is 2.84. The molecule has 3 nitrogen and oxygen atoms in total. The van der Waals surface area contributed by atoms with E-state index in [9.17, 15) is 4.79 Å². The van der Waals surface area contributed by atoms with Crippen LogP contribution in [0.2, 0.25) is 0 Å². The first-order valence-electron chi connectivity index (χ1n) is 5.29. The van der Waals surface area contributed by atoms with Crippen LogP contribution < -0.4 is 4.74 Å². The fraction of sp³-hybridized carbons (Fsp3) is 0.0714. The van der Waals surface area contributed by atoms with Crippen molar-refractivity contribution in [1.29, 1.82) is 0 Å². The van der Waals surface area contributed by atoms with Crippen LogP contribution in [-0.4, -0.2) is 17.9 Å². The summed E-state index contributed by atoms with van der Waals surface area (Å²) in [5.41, 5.74) is 1.56. The summed E-state index contributed by atoms with van der Waals surface area (Å²) in [7, 11) is 1.62. The van der Waals surface area contributed by atoms with Gasteiger partial charge in [-0.2, -0.15) is 0 Å². The van der Waals surface area contributed by atoms with Crippen molar-refractivity contribution in [2.75, 3.05) is 7.11 Å². The number of hydrogen-bond acceptors (Lipinski definition) is 2. The molecular formula is C14H13NO2. The van der Waals surface area contributed by atoms with E-state index in [-0.39, 0.29) is 5.78 Å². The van der Waals surface area contributed by atoms with Crippen LogP contribution in [0.15, 0.2) is 48.7 Å². The van der Waals surface area contributed by atoms with Crippen LogP contribution in [0.4, 0.5) is 0 Å². The number of hydrogen-bond donors (Lipinski definition) is 1. The number of carbonyl (C=O) groups is 1. The minimum absolute atomic E-state index is 0.0363. The molecule has 0 fully saturated rings. The minimum Gasteiger partial charge on any atom is -0.497 e. The Morgan fingerprint density at radius 1 is 1.24 bits per heavy atom. The summed E-state index contributed by atoms with van der Waals surface area (Å²) in [5.74, 6) is 0.767. The van der Waals surface area contributed by atoms with Crippen molar-refractivity contribution in [3.63, 3.8) is 0 Å². The first-order valence-corrected chi connectivity index (χ1v) is 5.29. The van der Waals surface area contributed by atoms with Gasteiger partial charge in [-0.3, -0.25) is 4.79 Å². The van der Waals surface area contributed by atoms with Gasteiger partial charge in [0.1, 0.15) is 5.75 Å². The summed E-state index contributed by atoms with van der Waals surface area (Å²) in [4.78, 5) is 14.5. The molecule has 1 heterocycles. The first-order chi connectivity index (χ1) is 8.29. The molecule has 3 heteroatoms. The molecule has 0 aliphatic rings. The fourth-order valence-corrected chi connectivity index (χ4v) is 1.46. The van der Waals surface area contributed by atoms with E-state index in [0.29, 0.717) is 5.69 Å². The number of carbonyl (C=O) groups excluding carboxylic acids is 1. The Hall–Kier alpha value is -2.29. The van der Waals surface area contributed by atoms with Gasteiger partial charge in [-0.05, 0) is 35.9 Å². The maximum atomic E-state index is 11.7. The lowest BCUT2D eigenvalue weighted by atomic mass is 10.1. The molecular weight excluding hydrogens is 214 g/mol. The van der Waals surface area contributed by atoms with E-state index in [1.165, 1.54) is 0 Å². The Morgan fingerprint density at radius 2 is 2.00 bits per heavy atom. The van der Waals surface area contributed by atoms with Crippen molar-refractivity contribution in [2.24, 2.45) is 0 Å². The normalized spacial score (nSPS) is 10.6. The van der Waals surface area contributed by atoms with Gasteiger partial charge in [-0.15, -0.1) is 0 Å². The molecule has 17 heavy (non-hydrogen) atoms. The number of nitrogens with one attached hydrogen (secondary N) is 1. The molecule has 0 saturated heterocycles. The van der Waals surface area contributed by atoms with Gasteiger partial charge in [-0.1, -0.05) is 18.2 Å². The van der Waals surface area contributed by atoms with Crippen LogP contribution in [0.25, 0.3) is 6.08 Å². The number of ether oxygens (including phenoxy) is 1. The molecule has 0 aliphatic heterocycles. The summed E-state index contributed by atoms with van der Waals surface area (Å²) >= 11 is 0. The summed E-state index contributed by atoms with van der Waals surface area (Å²) in [5, 5.41) is 0. The van der Waals surface area contributed by atoms with Crippen molar-refractivity contribution >= 4 is 11.9 Å². The van der Waals surface area contributed by atoms with Crippen molar-refractivity contribution < 1.29 is 9.53 Å². The van der Waals surface area contributed by atoms with Gasteiger partial charge < -0.3 is 9.72 Å². The molecule has 0 aliphatic carbocycles. The summed E-state index contributed by atoms with van der Waals surface area (Å²) < 4.78 is 5.06. The zero-order valence-corrected chi connectivity index (χ0v) is 9.51. The lowest BCUT2D eigenvalue weighted by Crippen LogP contribution is -1.93. The molecule has 0 atom stereocenters. The minimum atomic E-state index is -0.0363. The number of aromatic amines is 1. The highest BCUT2D eigenvalue weighted by Crippen LogP contribution is 2.12. The summed E-state index contributed by atoms with van der Waals surface area (Å²) in [6.45, 7) is 0. The number of benzene rings is 1. The second kappa shape index (κ2) is 5.16. The number of allylic oxidation sites excluding steroid dienone is 1. The van der Waals surface area contributed by atoms with Crippen molar-refractivity contribution in [1.82, 2.24) is 4.98 Å². The summed E-state index contributed by atoms with van der Waals surface area (Å²) in [6.07, 6.45) is 5.06. The first kappa shape index (κ1) is 11.2. The van der Waals surface area contributed by atoms with E-state index in [0.717, 1.165) is 11.3 Å². The smallest absolute Gasteiger partial charge is 0.201 e. The number of H-pyrrole nitrogens is 1. The van der Waals surface area contributed by atoms with Gasteiger partial charge in [0.05, 0.1) is 12.8 Å².